The summed E-state index contributed by atoms with van der Waals surface area (Å²) in [5.74, 6) is 0.684. The van der Waals surface area contributed by atoms with Gasteiger partial charge in [-0.05, 0) is 26.2 Å². The molecule has 0 saturated carbocycles. The second-order valence-electron chi connectivity index (χ2n) is 5.30. The lowest BCUT2D eigenvalue weighted by Crippen LogP contribution is -2.32. The van der Waals surface area contributed by atoms with Crippen molar-refractivity contribution < 1.29 is 4.74 Å². The summed E-state index contributed by atoms with van der Waals surface area (Å²) >= 11 is 6.17. The summed E-state index contributed by atoms with van der Waals surface area (Å²) in [5, 5.41) is 0.462. The third-order valence-electron chi connectivity index (χ3n) is 3.71. The van der Waals surface area contributed by atoms with Crippen LogP contribution in [0.5, 0.6) is 0 Å². The van der Waals surface area contributed by atoms with Gasteiger partial charge in [-0.3, -0.25) is 0 Å². The van der Waals surface area contributed by atoms with Gasteiger partial charge in [0, 0.05) is 18.2 Å². The average Bonchev–Trinajstić information content (AvgIpc) is 2.48. The monoisotopic (exact) mass is 288 g/mol. The minimum Gasteiger partial charge on any atom is -0.367 e. The highest BCUT2D eigenvalue weighted by molar-refractivity contribution is 6.29. The maximum absolute atomic E-state index is 6.17. The van der Waals surface area contributed by atoms with Crippen LogP contribution in [0, 0.1) is 0 Å². The Kier molecular flexibility index (Phi) is 3.72. The summed E-state index contributed by atoms with van der Waals surface area (Å²) < 4.78 is 5.91. The second kappa shape index (κ2) is 5.51. The summed E-state index contributed by atoms with van der Waals surface area (Å²) in [7, 11) is 0. The van der Waals surface area contributed by atoms with Crippen molar-refractivity contribution in [3.8, 4) is 11.3 Å². The van der Waals surface area contributed by atoms with Crippen molar-refractivity contribution in [2.24, 2.45) is 0 Å². The molecule has 1 saturated heterocycles. The molecule has 2 aromatic rings. The molecule has 0 bridgehead atoms. The predicted molar refractivity (Wildman–Crippen MR) is 79.6 cm³/mol. The number of halogens is 1. The first-order chi connectivity index (χ1) is 9.67. The zero-order valence-electron chi connectivity index (χ0n) is 11.5. The van der Waals surface area contributed by atoms with E-state index in [1.807, 2.05) is 37.3 Å². The molecule has 1 fully saturated rings. The molecule has 1 atom stereocenters. The Hall–Kier alpha value is -1.45. The summed E-state index contributed by atoms with van der Waals surface area (Å²) in [5.41, 5.74) is 1.46. The molecule has 4 heteroatoms. The van der Waals surface area contributed by atoms with Gasteiger partial charge in [0.1, 0.15) is 10.8 Å². The van der Waals surface area contributed by atoms with Crippen LogP contribution in [0.3, 0.4) is 0 Å². The molecular formula is C16H17ClN2O. The van der Waals surface area contributed by atoms with E-state index in [0.717, 1.165) is 37.1 Å². The van der Waals surface area contributed by atoms with E-state index in [-0.39, 0.29) is 0 Å². The van der Waals surface area contributed by atoms with Gasteiger partial charge >= 0.3 is 0 Å². The molecule has 104 valence electrons. The topological polar surface area (TPSA) is 35.0 Å². The van der Waals surface area contributed by atoms with E-state index in [2.05, 4.69) is 9.97 Å². The van der Waals surface area contributed by atoms with Crippen molar-refractivity contribution in [2.75, 3.05) is 6.61 Å². The molecule has 0 radical (unpaired) electrons. The van der Waals surface area contributed by atoms with Crippen LogP contribution in [0.4, 0.5) is 0 Å². The quantitative estimate of drug-likeness (QED) is 0.776. The summed E-state index contributed by atoms with van der Waals surface area (Å²) in [6, 6.07) is 11.8. The van der Waals surface area contributed by atoms with Crippen molar-refractivity contribution in [1.29, 1.82) is 0 Å². The Balaban J connectivity index is 2.03. The van der Waals surface area contributed by atoms with Crippen molar-refractivity contribution in [3.05, 3.63) is 47.4 Å². The SMILES string of the molecule is CC1(c2nc(Cl)cc(-c3ccccc3)n2)CCCCO1. The highest BCUT2D eigenvalue weighted by Gasteiger charge is 2.33. The largest absolute Gasteiger partial charge is 0.367 e. The number of hydrogen-bond acceptors (Lipinski definition) is 3. The number of ether oxygens (including phenoxy) is 1. The van der Waals surface area contributed by atoms with E-state index in [0.29, 0.717) is 11.0 Å². The highest BCUT2D eigenvalue weighted by Crippen LogP contribution is 2.34. The van der Waals surface area contributed by atoms with Crippen molar-refractivity contribution in [3.63, 3.8) is 0 Å². The fourth-order valence-electron chi connectivity index (χ4n) is 2.52. The van der Waals surface area contributed by atoms with Gasteiger partial charge in [-0.15, -0.1) is 0 Å². The van der Waals surface area contributed by atoms with E-state index in [9.17, 15) is 0 Å². The van der Waals surface area contributed by atoms with Crippen LogP contribution in [0.2, 0.25) is 5.15 Å². The minimum atomic E-state index is -0.424. The molecule has 3 nitrogen and oxygen atoms in total. The molecular weight excluding hydrogens is 272 g/mol. The fraction of sp³-hybridized carbons (Fsp3) is 0.375. The fourth-order valence-corrected chi connectivity index (χ4v) is 2.70. The summed E-state index contributed by atoms with van der Waals surface area (Å²) in [6.07, 6.45) is 3.16. The Morgan fingerprint density at radius 3 is 2.65 bits per heavy atom. The lowest BCUT2D eigenvalue weighted by atomic mass is 9.95. The van der Waals surface area contributed by atoms with Gasteiger partial charge in [-0.1, -0.05) is 41.9 Å². The summed E-state index contributed by atoms with van der Waals surface area (Å²) in [6.45, 7) is 2.81. The second-order valence-corrected chi connectivity index (χ2v) is 5.69. The van der Waals surface area contributed by atoms with Crippen LogP contribution in [0.25, 0.3) is 11.3 Å². The average molecular weight is 289 g/mol. The van der Waals surface area contributed by atoms with Crippen LogP contribution in [-0.4, -0.2) is 16.6 Å². The van der Waals surface area contributed by atoms with Crippen LogP contribution in [-0.2, 0) is 10.3 Å². The summed E-state index contributed by atoms with van der Waals surface area (Å²) in [4.78, 5) is 9.06. The zero-order valence-corrected chi connectivity index (χ0v) is 12.2. The molecule has 0 aliphatic carbocycles. The van der Waals surface area contributed by atoms with Crippen LogP contribution in [0.15, 0.2) is 36.4 Å². The molecule has 3 rings (SSSR count). The lowest BCUT2D eigenvalue weighted by molar-refractivity contribution is -0.0759. The normalized spacial score (nSPS) is 22.7. The number of hydrogen-bond donors (Lipinski definition) is 0. The predicted octanol–water partition coefficient (Wildman–Crippen LogP) is 4.21. The van der Waals surface area contributed by atoms with Gasteiger partial charge in [-0.25, -0.2) is 9.97 Å². The number of nitrogens with zero attached hydrogens (tertiary/aromatic N) is 2. The molecule has 1 unspecified atom stereocenters. The van der Waals surface area contributed by atoms with Crippen LogP contribution >= 0.6 is 11.6 Å². The van der Waals surface area contributed by atoms with Gasteiger partial charge in [0.25, 0.3) is 0 Å². The first kappa shape index (κ1) is 13.5. The van der Waals surface area contributed by atoms with E-state index in [1.165, 1.54) is 0 Å². The van der Waals surface area contributed by atoms with Crippen molar-refractivity contribution >= 4 is 11.6 Å². The molecule has 1 aliphatic heterocycles. The van der Waals surface area contributed by atoms with Gasteiger partial charge in [0.15, 0.2) is 5.82 Å². The number of aromatic nitrogens is 2. The first-order valence-electron chi connectivity index (χ1n) is 6.92. The van der Waals surface area contributed by atoms with Gasteiger partial charge in [-0.2, -0.15) is 0 Å². The Labute approximate surface area is 124 Å². The maximum atomic E-state index is 6.17. The van der Waals surface area contributed by atoms with Gasteiger partial charge in [0.05, 0.1) is 5.69 Å². The first-order valence-corrected chi connectivity index (χ1v) is 7.30. The number of rotatable bonds is 2. The lowest BCUT2D eigenvalue weighted by Gasteiger charge is -2.32. The molecule has 1 aliphatic rings. The Morgan fingerprint density at radius 2 is 1.95 bits per heavy atom. The maximum Gasteiger partial charge on any atom is 0.162 e. The van der Waals surface area contributed by atoms with Crippen molar-refractivity contribution in [1.82, 2.24) is 9.97 Å². The van der Waals surface area contributed by atoms with E-state index >= 15 is 0 Å². The van der Waals surface area contributed by atoms with E-state index in [4.69, 9.17) is 16.3 Å². The smallest absolute Gasteiger partial charge is 0.162 e. The highest BCUT2D eigenvalue weighted by atomic mass is 35.5. The molecule has 1 aromatic carbocycles. The Bertz CT molecular complexity index is 595. The zero-order chi connectivity index (χ0) is 14.0. The molecule has 2 heterocycles. The molecule has 1 aromatic heterocycles. The Morgan fingerprint density at radius 1 is 1.15 bits per heavy atom. The van der Waals surface area contributed by atoms with Crippen LogP contribution in [0.1, 0.15) is 32.0 Å². The van der Waals surface area contributed by atoms with Crippen molar-refractivity contribution in [2.45, 2.75) is 31.8 Å². The molecule has 20 heavy (non-hydrogen) atoms. The van der Waals surface area contributed by atoms with E-state index in [1.54, 1.807) is 6.07 Å². The van der Waals surface area contributed by atoms with E-state index < -0.39 is 5.60 Å². The molecule has 0 amide bonds. The van der Waals surface area contributed by atoms with Crippen LogP contribution < -0.4 is 0 Å². The van der Waals surface area contributed by atoms with Gasteiger partial charge < -0.3 is 4.74 Å². The molecule has 0 spiro atoms. The van der Waals surface area contributed by atoms with Gasteiger partial charge in [0.2, 0.25) is 0 Å². The molecule has 0 N–H and O–H groups in total. The standard InChI is InChI=1S/C16H17ClN2O/c1-16(9-5-6-10-20-16)15-18-13(11-14(17)19-15)12-7-3-2-4-8-12/h2-4,7-8,11H,5-6,9-10H2,1H3. The number of benzene rings is 1. The minimum absolute atomic E-state index is 0.424. The third kappa shape index (κ3) is 2.69. The third-order valence-corrected chi connectivity index (χ3v) is 3.90.